The number of aromatic nitrogens is 1. The van der Waals surface area contributed by atoms with E-state index in [9.17, 15) is 19.2 Å². The van der Waals surface area contributed by atoms with E-state index in [1.165, 1.54) is 7.11 Å². The molecule has 0 radical (unpaired) electrons. The summed E-state index contributed by atoms with van der Waals surface area (Å²) in [6.07, 6.45) is 3.47. The van der Waals surface area contributed by atoms with E-state index < -0.39 is 30.4 Å². The van der Waals surface area contributed by atoms with Crippen molar-refractivity contribution in [3.05, 3.63) is 106 Å². The Kier molecular flexibility index (Phi) is 7.16. The number of nitrogens with zero attached hydrogens (tertiary/aromatic N) is 2. The number of amides is 4. The van der Waals surface area contributed by atoms with Gasteiger partial charge in [0.25, 0.3) is 5.91 Å². The molecule has 10 heteroatoms. The summed E-state index contributed by atoms with van der Waals surface area (Å²) in [6.45, 7) is 0.0226. The number of benzene rings is 3. The molecule has 2 N–H and O–H groups in total. The molecule has 0 spiro atoms. The summed E-state index contributed by atoms with van der Waals surface area (Å²) in [5.41, 5.74) is 3.52. The monoisotopic (exact) mass is 542 g/mol. The van der Waals surface area contributed by atoms with E-state index >= 15 is 0 Å². The lowest BCUT2D eigenvalue weighted by Crippen LogP contribution is -2.38. The second kappa shape index (κ2) is 10.8. The lowest BCUT2D eigenvalue weighted by molar-refractivity contribution is -0.127. The number of carbonyl (C=O) groups is 4. The van der Waals surface area contributed by atoms with Gasteiger partial charge in [-0.15, -0.1) is 0 Å². The average Bonchev–Trinajstić information content (AvgIpc) is 3.41. The Morgan fingerprint density at radius 2 is 1.79 bits per heavy atom. The zero-order chi connectivity index (χ0) is 27.5. The first-order valence-corrected chi connectivity index (χ1v) is 12.4. The van der Waals surface area contributed by atoms with Crippen molar-refractivity contribution in [2.75, 3.05) is 19.0 Å². The van der Waals surface area contributed by atoms with Crippen LogP contribution in [0.1, 0.15) is 21.5 Å². The van der Waals surface area contributed by atoms with Gasteiger partial charge >= 0.3 is 12.0 Å². The molecule has 3 aromatic carbocycles. The van der Waals surface area contributed by atoms with Crippen LogP contribution in [0, 0.1) is 0 Å². The van der Waals surface area contributed by atoms with Crippen LogP contribution in [0.25, 0.3) is 17.0 Å². The minimum atomic E-state index is -0.680. The fourth-order valence-electron chi connectivity index (χ4n) is 4.38. The maximum atomic E-state index is 13.0. The summed E-state index contributed by atoms with van der Waals surface area (Å²) in [7, 11) is 1.34. The third-order valence-corrected chi connectivity index (χ3v) is 6.46. The van der Waals surface area contributed by atoms with Crippen LogP contribution < -0.4 is 10.6 Å². The Hall–Kier alpha value is -4.89. The van der Waals surface area contributed by atoms with Crippen molar-refractivity contribution in [1.29, 1.82) is 0 Å². The van der Waals surface area contributed by atoms with Crippen LogP contribution in [0.2, 0.25) is 5.02 Å². The van der Waals surface area contributed by atoms with Gasteiger partial charge in [-0.05, 0) is 54.1 Å². The third-order valence-electron chi connectivity index (χ3n) is 6.21. The average molecular weight is 543 g/mol. The first kappa shape index (κ1) is 25.7. The maximum Gasteiger partial charge on any atom is 0.337 e. The highest BCUT2D eigenvalue weighted by molar-refractivity contribution is 6.30. The van der Waals surface area contributed by atoms with Gasteiger partial charge in [-0.3, -0.25) is 9.59 Å². The number of anilines is 1. The molecule has 1 aromatic heterocycles. The Bertz CT molecular complexity index is 1640. The lowest BCUT2D eigenvalue weighted by atomic mass is 10.1. The topological polar surface area (TPSA) is 110 Å². The number of imide groups is 1. The number of methoxy groups -OCH3 is 1. The smallest absolute Gasteiger partial charge is 0.337 e. The molecule has 1 aliphatic heterocycles. The minimum Gasteiger partial charge on any atom is -0.465 e. The van der Waals surface area contributed by atoms with Crippen molar-refractivity contribution in [3.63, 3.8) is 0 Å². The molecule has 1 fully saturated rings. The van der Waals surface area contributed by atoms with E-state index in [-0.39, 0.29) is 5.70 Å². The van der Waals surface area contributed by atoms with Gasteiger partial charge in [0.2, 0.25) is 5.91 Å². The number of nitrogens with one attached hydrogen (secondary N) is 2. The van der Waals surface area contributed by atoms with Gasteiger partial charge in [0.05, 0.1) is 12.7 Å². The molecule has 0 aliphatic carbocycles. The van der Waals surface area contributed by atoms with Crippen molar-refractivity contribution >= 4 is 58.1 Å². The van der Waals surface area contributed by atoms with Crippen LogP contribution in [-0.4, -0.2) is 46.9 Å². The fourth-order valence-corrected chi connectivity index (χ4v) is 4.51. The number of carbonyl (C=O) groups excluding carboxylic acids is 4. The lowest BCUT2D eigenvalue weighted by Gasteiger charge is -2.11. The van der Waals surface area contributed by atoms with E-state index in [1.807, 2.05) is 41.1 Å². The normalized spacial score (nSPS) is 14.1. The molecular weight excluding hydrogens is 520 g/mol. The second-order valence-electron chi connectivity index (χ2n) is 8.86. The Labute approximate surface area is 228 Å². The Morgan fingerprint density at radius 3 is 2.56 bits per heavy atom. The SMILES string of the molecule is COC(=O)c1cccc(Cn2cc(/C=C3\NC(=O)N(CC(=O)Nc4ccc(Cl)cc4)C3=O)c3ccccc32)c1. The van der Waals surface area contributed by atoms with Crippen molar-refractivity contribution in [2.45, 2.75) is 6.54 Å². The van der Waals surface area contributed by atoms with Crippen LogP contribution in [0.5, 0.6) is 0 Å². The standard InChI is InChI=1S/C29H23ClN4O5/c1-39-28(37)19-6-4-5-18(13-19)15-33-16-20(23-7-2-3-8-25(23)33)14-24-27(36)34(29(38)32-24)17-26(35)31-22-11-9-21(30)10-12-22/h2-14,16H,15,17H2,1H3,(H,31,35)(H,32,38)/b24-14-. The van der Waals surface area contributed by atoms with Crippen LogP contribution in [0.4, 0.5) is 10.5 Å². The summed E-state index contributed by atoms with van der Waals surface area (Å²) in [6, 6.07) is 20.6. The molecule has 1 saturated heterocycles. The predicted octanol–water partition coefficient (Wildman–Crippen LogP) is 4.66. The largest absolute Gasteiger partial charge is 0.465 e. The number of halogens is 1. The molecule has 2 heterocycles. The maximum absolute atomic E-state index is 13.0. The highest BCUT2D eigenvalue weighted by atomic mass is 35.5. The van der Waals surface area contributed by atoms with Gasteiger partial charge in [-0.2, -0.15) is 0 Å². The number of para-hydroxylation sites is 1. The molecule has 4 aromatic rings. The van der Waals surface area contributed by atoms with Gasteiger partial charge in [-0.25, -0.2) is 14.5 Å². The Balaban J connectivity index is 1.37. The minimum absolute atomic E-state index is 0.0647. The zero-order valence-electron chi connectivity index (χ0n) is 20.8. The van der Waals surface area contributed by atoms with Crippen LogP contribution in [0.15, 0.2) is 84.7 Å². The number of ether oxygens (including phenoxy) is 1. The molecular formula is C29H23ClN4O5. The van der Waals surface area contributed by atoms with Gasteiger partial charge in [-0.1, -0.05) is 41.9 Å². The Morgan fingerprint density at radius 1 is 1.03 bits per heavy atom. The van der Waals surface area contributed by atoms with Gasteiger partial charge < -0.3 is 19.9 Å². The molecule has 5 rings (SSSR count). The molecule has 0 atom stereocenters. The molecule has 0 bridgehead atoms. The zero-order valence-corrected chi connectivity index (χ0v) is 21.6. The number of urea groups is 1. The highest BCUT2D eigenvalue weighted by Gasteiger charge is 2.35. The number of fused-ring (bicyclic) bond motifs is 1. The molecule has 0 saturated carbocycles. The van der Waals surface area contributed by atoms with Crippen LogP contribution in [0.3, 0.4) is 0 Å². The van der Waals surface area contributed by atoms with Crippen molar-refractivity contribution in [3.8, 4) is 0 Å². The van der Waals surface area contributed by atoms with Crippen molar-refractivity contribution < 1.29 is 23.9 Å². The molecule has 4 amide bonds. The molecule has 0 unspecified atom stereocenters. The quantitative estimate of drug-likeness (QED) is 0.200. The fraction of sp³-hybridized carbons (Fsp3) is 0.103. The number of esters is 1. The summed E-state index contributed by atoms with van der Waals surface area (Å²) < 4.78 is 6.82. The number of hydrogen-bond acceptors (Lipinski definition) is 5. The first-order valence-electron chi connectivity index (χ1n) is 12.0. The van der Waals surface area contributed by atoms with E-state index in [0.29, 0.717) is 28.4 Å². The van der Waals surface area contributed by atoms with Gasteiger partial charge in [0.15, 0.2) is 0 Å². The van der Waals surface area contributed by atoms with Crippen LogP contribution >= 0.6 is 11.6 Å². The van der Waals surface area contributed by atoms with E-state index in [2.05, 4.69) is 10.6 Å². The molecule has 39 heavy (non-hydrogen) atoms. The number of rotatable bonds is 7. The third kappa shape index (κ3) is 5.53. The molecule has 1 aliphatic rings. The second-order valence-corrected chi connectivity index (χ2v) is 9.29. The summed E-state index contributed by atoms with van der Waals surface area (Å²) >= 11 is 5.86. The van der Waals surface area contributed by atoms with E-state index in [1.54, 1.807) is 48.5 Å². The highest BCUT2D eigenvalue weighted by Crippen LogP contribution is 2.26. The van der Waals surface area contributed by atoms with Gasteiger partial charge in [0.1, 0.15) is 12.2 Å². The number of hydrogen-bond donors (Lipinski definition) is 2. The van der Waals surface area contributed by atoms with E-state index in [4.69, 9.17) is 16.3 Å². The summed E-state index contributed by atoms with van der Waals surface area (Å²) in [5.74, 6) is -1.54. The van der Waals surface area contributed by atoms with Gasteiger partial charge in [0, 0.05) is 39.9 Å². The van der Waals surface area contributed by atoms with E-state index in [0.717, 1.165) is 21.4 Å². The summed E-state index contributed by atoms with van der Waals surface area (Å²) in [4.78, 5) is 50.9. The molecule has 9 nitrogen and oxygen atoms in total. The predicted molar refractivity (Wildman–Crippen MR) is 147 cm³/mol. The van der Waals surface area contributed by atoms with Crippen molar-refractivity contribution in [1.82, 2.24) is 14.8 Å². The molecule has 196 valence electrons. The summed E-state index contributed by atoms with van der Waals surface area (Å²) in [5, 5.41) is 6.60. The first-order chi connectivity index (χ1) is 18.8. The van der Waals surface area contributed by atoms with Crippen molar-refractivity contribution in [2.24, 2.45) is 0 Å². The van der Waals surface area contributed by atoms with Crippen LogP contribution in [-0.2, 0) is 20.9 Å².